The molecule has 1 saturated heterocycles. The van der Waals surface area contributed by atoms with Crippen LogP contribution in [0.2, 0.25) is 0 Å². The number of likely N-dealkylation sites (tertiary alicyclic amines) is 1. The molecule has 1 aromatic rings. The van der Waals surface area contributed by atoms with Crippen LogP contribution in [0.25, 0.3) is 0 Å². The van der Waals surface area contributed by atoms with Crippen LogP contribution in [0.3, 0.4) is 0 Å². The minimum atomic E-state index is 0.416. The largest absolute Gasteiger partial charge is 0.343 e. The summed E-state index contributed by atoms with van der Waals surface area (Å²) in [6.45, 7) is 4.27. The van der Waals surface area contributed by atoms with Crippen LogP contribution in [-0.2, 0) is 17.8 Å². The van der Waals surface area contributed by atoms with Gasteiger partial charge in [0.05, 0.1) is 0 Å². The maximum absolute atomic E-state index is 12.5. The summed E-state index contributed by atoms with van der Waals surface area (Å²) < 4.78 is 0. The number of hydrogen-bond acceptors (Lipinski definition) is 3. The molecule has 0 aromatic carbocycles. The van der Waals surface area contributed by atoms with Crippen LogP contribution in [-0.4, -0.2) is 41.4 Å². The number of rotatable bonds is 4. The van der Waals surface area contributed by atoms with Gasteiger partial charge in [0, 0.05) is 43.5 Å². The zero-order valence-corrected chi connectivity index (χ0v) is 15.5. The second-order valence-electron chi connectivity index (χ2n) is 7.89. The third-order valence-electron chi connectivity index (χ3n) is 6.41. The van der Waals surface area contributed by atoms with E-state index < -0.39 is 0 Å². The summed E-state index contributed by atoms with van der Waals surface area (Å²) in [4.78, 5) is 18.9. The number of amides is 1. The fraction of sp³-hybridized carbons (Fsp3) is 0.750. The topological polar surface area (TPSA) is 23.6 Å². The first kappa shape index (κ1) is 16.6. The van der Waals surface area contributed by atoms with Crippen molar-refractivity contribution in [1.29, 1.82) is 0 Å². The van der Waals surface area contributed by atoms with Crippen molar-refractivity contribution < 1.29 is 4.79 Å². The van der Waals surface area contributed by atoms with E-state index in [1.807, 2.05) is 11.3 Å². The molecule has 1 aromatic heterocycles. The minimum absolute atomic E-state index is 0.416. The first-order valence-corrected chi connectivity index (χ1v) is 10.7. The zero-order chi connectivity index (χ0) is 16.4. The van der Waals surface area contributed by atoms with Gasteiger partial charge in [0.1, 0.15) is 0 Å². The maximum atomic E-state index is 12.5. The molecule has 3 nitrogen and oxygen atoms in total. The monoisotopic (exact) mass is 346 g/mol. The molecule has 3 aliphatic rings. The smallest absolute Gasteiger partial charge is 0.222 e. The van der Waals surface area contributed by atoms with Crippen molar-refractivity contribution in [2.45, 2.75) is 70.4 Å². The molecule has 24 heavy (non-hydrogen) atoms. The van der Waals surface area contributed by atoms with Crippen molar-refractivity contribution in [2.24, 2.45) is 5.92 Å². The lowest BCUT2D eigenvalue weighted by Gasteiger charge is -2.40. The second-order valence-corrected chi connectivity index (χ2v) is 8.89. The van der Waals surface area contributed by atoms with Crippen molar-refractivity contribution in [3.63, 3.8) is 0 Å². The summed E-state index contributed by atoms with van der Waals surface area (Å²) in [6.07, 6.45) is 10.9. The highest BCUT2D eigenvalue weighted by molar-refractivity contribution is 7.10. The molecule has 0 spiro atoms. The van der Waals surface area contributed by atoms with Crippen LogP contribution in [0.1, 0.15) is 61.8 Å². The molecule has 1 aliphatic carbocycles. The summed E-state index contributed by atoms with van der Waals surface area (Å²) in [5.74, 6) is 1.25. The third kappa shape index (κ3) is 3.70. The van der Waals surface area contributed by atoms with Gasteiger partial charge in [-0.2, -0.15) is 0 Å². The fourth-order valence-electron chi connectivity index (χ4n) is 4.85. The van der Waals surface area contributed by atoms with E-state index in [4.69, 9.17) is 0 Å². The molecule has 132 valence electrons. The van der Waals surface area contributed by atoms with Crippen LogP contribution in [0.15, 0.2) is 11.4 Å². The Balaban J connectivity index is 1.22. The second kappa shape index (κ2) is 7.57. The van der Waals surface area contributed by atoms with Gasteiger partial charge in [0.25, 0.3) is 0 Å². The summed E-state index contributed by atoms with van der Waals surface area (Å²) in [7, 11) is 0. The standard InChI is InChI=1S/C20H30N2OS/c23-20(6-5-16-3-1-2-4-16)21-11-7-18(8-12-21)22-13-9-19-17(15-22)10-14-24-19/h10,14,16,18H,1-9,11-13,15H2. The summed E-state index contributed by atoms with van der Waals surface area (Å²) in [5, 5.41) is 2.24. The van der Waals surface area contributed by atoms with Crippen LogP contribution >= 0.6 is 11.3 Å². The van der Waals surface area contributed by atoms with E-state index in [0.29, 0.717) is 11.9 Å². The highest BCUT2D eigenvalue weighted by Gasteiger charge is 2.29. The first-order chi connectivity index (χ1) is 11.8. The highest BCUT2D eigenvalue weighted by atomic mass is 32.1. The van der Waals surface area contributed by atoms with Gasteiger partial charge >= 0.3 is 0 Å². The quantitative estimate of drug-likeness (QED) is 0.820. The molecule has 0 radical (unpaired) electrons. The molecular weight excluding hydrogens is 316 g/mol. The predicted octanol–water partition coefficient (Wildman–Crippen LogP) is 4.07. The van der Waals surface area contributed by atoms with Gasteiger partial charge in [-0.3, -0.25) is 9.69 Å². The molecule has 1 amide bonds. The van der Waals surface area contributed by atoms with Gasteiger partial charge in [-0.15, -0.1) is 11.3 Å². The molecule has 0 bridgehead atoms. The lowest BCUT2D eigenvalue weighted by Crippen LogP contribution is -2.47. The Hall–Kier alpha value is -0.870. The number of fused-ring (bicyclic) bond motifs is 1. The average Bonchev–Trinajstić information content (AvgIpc) is 3.30. The molecule has 2 aliphatic heterocycles. The average molecular weight is 347 g/mol. The predicted molar refractivity (Wildman–Crippen MR) is 99.2 cm³/mol. The first-order valence-electron chi connectivity index (χ1n) is 9.86. The lowest BCUT2D eigenvalue weighted by molar-refractivity contribution is -0.133. The SMILES string of the molecule is O=C(CCC1CCCC1)N1CCC(N2CCc3sccc3C2)CC1. The molecule has 3 heterocycles. The Morgan fingerprint density at radius 3 is 2.71 bits per heavy atom. The van der Waals surface area contributed by atoms with Crippen LogP contribution < -0.4 is 0 Å². The van der Waals surface area contributed by atoms with Crippen molar-refractivity contribution in [1.82, 2.24) is 9.80 Å². The Morgan fingerprint density at radius 2 is 1.92 bits per heavy atom. The van der Waals surface area contributed by atoms with E-state index >= 15 is 0 Å². The molecule has 0 unspecified atom stereocenters. The van der Waals surface area contributed by atoms with E-state index in [1.54, 1.807) is 10.4 Å². The van der Waals surface area contributed by atoms with E-state index in [9.17, 15) is 4.79 Å². The van der Waals surface area contributed by atoms with E-state index in [-0.39, 0.29) is 0 Å². The van der Waals surface area contributed by atoms with E-state index in [2.05, 4.69) is 21.2 Å². The molecular formula is C20H30N2OS. The number of piperidine rings is 1. The van der Waals surface area contributed by atoms with Gasteiger partial charge in [0.2, 0.25) is 5.91 Å². The molecule has 4 rings (SSSR count). The normalized spacial score (nSPS) is 23.6. The fourth-order valence-corrected chi connectivity index (χ4v) is 5.74. The van der Waals surface area contributed by atoms with Crippen molar-refractivity contribution >= 4 is 17.2 Å². The molecule has 0 N–H and O–H groups in total. The Labute approximate surface area is 150 Å². The number of hydrogen-bond donors (Lipinski definition) is 0. The molecule has 2 fully saturated rings. The molecule has 0 atom stereocenters. The van der Waals surface area contributed by atoms with Gasteiger partial charge in [-0.1, -0.05) is 25.7 Å². The van der Waals surface area contributed by atoms with Crippen molar-refractivity contribution in [3.05, 3.63) is 21.9 Å². The van der Waals surface area contributed by atoms with Crippen LogP contribution in [0, 0.1) is 5.92 Å². The van der Waals surface area contributed by atoms with Crippen molar-refractivity contribution in [3.8, 4) is 0 Å². The summed E-state index contributed by atoms with van der Waals surface area (Å²) in [5.41, 5.74) is 1.54. The van der Waals surface area contributed by atoms with E-state index in [1.165, 1.54) is 38.6 Å². The van der Waals surface area contributed by atoms with E-state index in [0.717, 1.165) is 51.2 Å². The minimum Gasteiger partial charge on any atom is -0.343 e. The van der Waals surface area contributed by atoms with Gasteiger partial charge in [0.15, 0.2) is 0 Å². The Bertz CT molecular complexity index is 556. The number of carbonyl (C=O) groups excluding carboxylic acids is 1. The molecule has 4 heteroatoms. The van der Waals surface area contributed by atoms with Crippen LogP contribution in [0.4, 0.5) is 0 Å². The number of thiophene rings is 1. The number of carbonyl (C=O) groups is 1. The zero-order valence-electron chi connectivity index (χ0n) is 14.7. The Morgan fingerprint density at radius 1 is 1.12 bits per heavy atom. The van der Waals surface area contributed by atoms with Crippen LogP contribution in [0.5, 0.6) is 0 Å². The van der Waals surface area contributed by atoms with Gasteiger partial charge < -0.3 is 4.90 Å². The summed E-state index contributed by atoms with van der Waals surface area (Å²) in [6, 6.07) is 2.98. The number of nitrogens with zero attached hydrogens (tertiary/aromatic N) is 2. The third-order valence-corrected chi connectivity index (χ3v) is 7.43. The Kier molecular flexibility index (Phi) is 5.23. The maximum Gasteiger partial charge on any atom is 0.222 e. The van der Waals surface area contributed by atoms with Gasteiger partial charge in [-0.05, 0) is 48.6 Å². The van der Waals surface area contributed by atoms with Gasteiger partial charge in [-0.25, -0.2) is 0 Å². The summed E-state index contributed by atoms with van der Waals surface area (Å²) >= 11 is 1.91. The molecule has 1 saturated carbocycles. The van der Waals surface area contributed by atoms with Crippen molar-refractivity contribution in [2.75, 3.05) is 19.6 Å². The lowest BCUT2D eigenvalue weighted by atomic mass is 9.98. The highest BCUT2D eigenvalue weighted by Crippen LogP contribution is 2.30.